The molecule has 1 fully saturated rings. The zero-order valence-electron chi connectivity index (χ0n) is 13.1. The van der Waals surface area contributed by atoms with Gasteiger partial charge in [-0.15, -0.1) is 0 Å². The first-order valence-electron chi connectivity index (χ1n) is 7.45. The Morgan fingerprint density at radius 3 is 2.55 bits per heavy atom. The van der Waals surface area contributed by atoms with E-state index in [0.717, 1.165) is 12.8 Å². The third-order valence-electron chi connectivity index (χ3n) is 3.06. The molecule has 1 atom stereocenters. The smallest absolute Gasteiger partial charge is 0.329 e. The van der Waals surface area contributed by atoms with Crippen LogP contribution in [0, 0.1) is 0 Å². The highest BCUT2D eigenvalue weighted by molar-refractivity contribution is 5.85. The second kappa shape index (κ2) is 7.62. The molecule has 0 spiro atoms. The molecule has 5 nitrogen and oxygen atoms in total. The van der Waals surface area contributed by atoms with E-state index in [0.29, 0.717) is 32.6 Å². The van der Waals surface area contributed by atoms with Crippen molar-refractivity contribution in [2.45, 2.75) is 65.0 Å². The van der Waals surface area contributed by atoms with Crippen molar-refractivity contribution in [1.29, 1.82) is 0 Å². The van der Waals surface area contributed by atoms with Crippen molar-refractivity contribution in [1.82, 2.24) is 4.90 Å². The molecule has 1 aliphatic rings. The fourth-order valence-corrected chi connectivity index (χ4v) is 2.23. The van der Waals surface area contributed by atoms with Gasteiger partial charge in [-0.25, -0.2) is 4.79 Å². The molecule has 0 radical (unpaired) electrons. The van der Waals surface area contributed by atoms with Crippen LogP contribution < -0.4 is 0 Å². The minimum absolute atomic E-state index is 0.0190. The fourth-order valence-electron chi connectivity index (χ4n) is 2.23. The van der Waals surface area contributed by atoms with Crippen LogP contribution in [0.25, 0.3) is 0 Å². The maximum atomic E-state index is 12.1. The number of carbonyl (C=O) groups excluding carboxylic acids is 2. The van der Waals surface area contributed by atoms with Crippen LogP contribution in [0.2, 0.25) is 0 Å². The van der Waals surface area contributed by atoms with E-state index in [-0.39, 0.29) is 11.9 Å². The van der Waals surface area contributed by atoms with Gasteiger partial charge in [0.15, 0.2) is 0 Å². The number of hydrogen-bond acceptors (Lipinski definition) is 4. The molecule has 0 aromatic rings. The SMILES string of the molecule is CCCOCCC(=O)N1CCC[C@H]1C(=O)OC(C)(C)C. The summed E-state index contributed by atoms with van der Waals surface area (Å²) < 4.78 is 10.7. The van der Waals surface area contributed by atoms with Gasteiger partial charge in [0.1, 0.15) is 11.6 Å². The number of hydrogen-bond donors (Lipinski definition) is 0. The van der Waals surface area contributed by atoms with Gasteiger partial charge in [0.25, 0.3) is 0 Å². The van der Waals surface area contributed by atoms with Crippen molar-refractivity contribution < 1.29 is 19.1 Å². The molecule has 20 heavy (non-hydrogen) atoms. The van der Waals surface area contributed by atoms with Crippen molar-refractivity contribution in [3.05, 3.63) is 0 Å². The number of ether oxygens (including phenoxy) is 2. The zero-order chi connectivity index (χ0) is 15.2. The standard InChI is InChI=1S/C15H27NO4/c1-5-10-19-11-8-13(17)16-9-6-7-12(16)14(18)20-15(2,3)4/h12H,5-11H2,1-4H3/t12-/m0/s1. The number of rotatable bonds is 6. The summed E-state index contributed by atoms with van der Waals surface area (Å²) in [6, 6.07) is -0.423. The van der Waals surface area contributed by atoms with Crippen LogP contribution in [0.15, 0.2) is 0 Å². The highest BCUT2D eigenvalue weighted by Crippen LogP contribution is 2.21. The summed E-state index contributed by atoms with van der Waals surface area (Å²) in [5.41, 5.74) is -0.515. The Balaban J connectivity index is 2.47. The molecular weight excluding hydrogens is 258 g/mol. The molecule has 1 aliphatic heterocycles. The number of likely N-dealkylation sites (tertiary alicyclic amines) is 1. The molecule has 1 saturated heterocycles. The molecule has 0 aliphatic carbocycles. The first-order valence-corrected chi connectivity index (χ1v) is 7.45. The molecule has 0 bridgehead atoms. The summed E-state index contributed by atoms with van der Waals surface area (Å²) in [4.78, 5) is 25.9. The summed E-state index contributed by atoms with van der Waals surface area (Å²) in [7, 11) is 0. The lowest BCUT2D eigenvalue weighted by molar-refractivity contribution is -0.163. The Morgan fingerprint density at radius 2 is 1.95 bits per heavy atom. The minimum atomic E-state index is -0.515. The summed E-state index contributed by atoms with van der Waals surface area (Å²) >= 11 is 0. The Kier molecular flexibility index (Phi) is 6.46. The second-order valence-electron chi connectivity index (χ2n) is 6.14. The van der Waals surface area contributed by atoms with E-state index in [1.807, 2.05) is 27.7 Å². The third kappa shape index (κ3) is 5.49. The van der Waals surface area contributed by atoms with Crippen LogP contribution in [0.1, 0.15) is 53.4 Å². The van der Waals surface area contributed by atoms with Crippen LogP contribution in [0.4, 0.5) is 0 Å². The molecular formula is C15H27NO4. The molecule has 116 valence electrons. The van der Waals surface area contributed by atoms with Gasteiger partial charge in [-0.1, -0.05) is 6.92 Å². The van der Waals surface area contributed by atoms with Gasteiger partial charge in [-0.05, 0) is 40.0 Å². The summed E-state index contributed by atoms with van der Waals surface area (Å²) in [6.45, 7) is 9.27. The van der Waals surface area contributed by atoms with Crippen LogP contribution in [-0.4, -0.2) is 48.2 Å². The molecule has 0 aromatic carbocycles. The molecule has 0 unspecified atom stereocenters. The van der Waals surface area contributed by atoms with E-state index in [4.69, 9.17) is 9.47 Å². The highest BCUT2D eigenvalue weighted by atomic mass is 16.6. The predicted molar refractivity (Wildman–Crippen MR) is 76.3 cm³/mol. The number of esters is 1. The molecule has 1 heterocycles. The van der Waals surface area contributed by atoms with E-state index in [9.17, 15) is 9.59 Å². The van der Waals surface area contributed by atoms with Crippen LogP contribution >= 0.6 is 0 Å². The third-order valence-corrected chi connectivity index (χ3v) is 3.06. The van der Waals surface area contributed by atoms with Gasteiger partial charge < -0.3 is 14.4 Å². The first kappa shape index (κ1) is 17.0. The van der Waals surface area contributed by atoms with Crippen molar-refractivity contribution in [2.75, 3.05) is 19.8 Å². The lowest BCUT2D eigenvalue weighted by Crippen LogP contribution is -2.43. The number of amides is 1. The summed E-state index contributed by atoms with van der Waals surface area (Å²) in [6.07, 6.45) is 2.82. The molecule has 0 saturated carbocycles. The van der Waals surface area contributed by atoms with Gasteiger partial charge in [0, 0.05) is 13.2 Å². The molecule has 1 amide bonds. The summed E-state index contributed by atoms with van der Waals surface area (Å²) in [5, 5.41) is 0. The molecule has 0 aromatic heterocycles. The normalized spacial score (nSPS) is 19.2. The lowest BCUT2D eigenvalue weighted by Gasteiger charge is -2.27. The topological polar surface area (TPSA) is 55.8 Å². The Morgan fingerprint density at radius 1 is 1.25 bits per heavy atom. The maximum absolute atomic E-state index is 12.1. The van der Waals surface area contributed by atoms with E-state index in [1.54, 1.807) is 4.90 Å². The fraction of sp³-hybridized carbons (Fsp3) is 0.867. The Labute approximate surface area is 121 Å². The average molecular weight is 285 g/mol. The quantitative estimate of drug-likeness (QED) is 0.554. The van der Waals surface area contributed by atoms with Crippen molar-refractivity contribution in [3.8, 4) is 0 Å². The van der Waals surface area contributed by atoms with Gasteiger partial charge in [0.05, 0.1) is 13.0 Å². The number of nitrogens with zero attached hydrogens (tertiary/aromatic N) is 1. The Bertz CT molecular complexity index is 335. The van der Waals surface area contributed by atoms with Crippen molar-refractivity contribution in [3.63, 3.8) is 0 Å². The second-order valence-corrected chi connectivity index (χ2v) is 6.14. The maximum Gasteiger partial charge on any atom is 0.329 e. The van der Waals surface area contributed by atoms with E-state index in [1.165, 1.54) is 0 Å². The van der Waals surface area contributed by atoms with E-state index >= 15 is 0 Å². The summed E-state index contributed by atoms with van der Waals surface area (Å²) in [5.74, 6) is -0.313. The average Bonchev–Trinajstić information content (AvgIpc) is 2.81. The monoisotopic (exact) mass is 285 g/mol. The lowest BCUT2D eigenvalue weighted by atomic mass is 10.1. The van der Waals surface area contributed by atoms with Gasteiger partial charge >= 0.3 is 5.97 Å². The van der Waals surface area contributed by atoms with Gasteiger partial charge in [-0.2, -0.15) is 0 Å². The highest BCUT2D eigenvalue weighted by Gasteiger charge is 2.36. The van der Waals surface area contributed by atoms with E-state index in [2.05, 4.69) is 0 Å². The Hall–Kier alpha value is -1.10. The largest absolute Gasteiger partial charge is 0.458 e. The molecule has 0 N–H and O–H groups in total. The van der Waals surface area contributed by atoms with Crippen molar-refractivity contribution >= 4 is 11.9 Å². The number of carbonyl (C=O) groups is 2. The minimum Gasteiger partial charge on any atom is -0.458 e. The van der Waals surface area contributed by atoms with Gasteiger partial charge in [0.2, 0.25) is 5.91 Å². The first-order chi connectivity index (χ1) is 9.35. The zero-order valence-corrected chi connectivity index (χ0v) is 13.1. The van der Waals surface area contributed by atoms with Gasteiger partial charge in [-0.3, -0.25) is 4.79 Å². The molecule has 1 rings (SSSR count). The predicted octanol–water partition coefficient (Wildman–Crippen LogP) is 2.14. The van der Waals surface area contributed by atoms with Crippen LogP contribution in [0.3, 0.4) is 0 Å². The van der Waals surface area contributed by atoms with E-state index < -0.39 is 11.6 Å². The van der Waals surface area contributed by atoms with Crippen LogP contribution in [-0.2, 0) is 19.1 Å². The molecule has 5 heteroatoms. The van der Waals surface area contributed by atoms with Crippen LogP contribution in [0.5, 0.6) is 0 Å². The van der Waals surface area contributed by atoms with Crippen molar-refractivity contribution in [2.24, 2.45) is 0 Å².